The summed E-state index contributed by atoms with van der Waals surface area (Å²) in [5, 5.41) is 2.13. The molecule has 0 aliphatic carbocycles. The van der Waals surface area contributed by atoms with Crippen LogP contribution in [0.4, 0.5) is 43.8 Å². The van der Waals surface area contributed by atoms with Gasteiger partial charge < -0.3 is 20.9 Å². The van der Waals surface area contributed by atoms with Gasteiger partial charge in [-0.2, -0.15) is 31.3 Å². The molecule has 1 saturated heterocycles. The molecule has 1 fully saturated rings. The Hall–Kier alpha value is -3.35. The van der Waals surface area contributed by atoms with Crippen LogP contribution in [-0.4, -0.2) is 40.0 Å². The standard InChI is InChI=1S/C15H9F6N5O.C5H11N/c16-14(17,18)6-3-7(15(19,20)21)5-8(4-6)24-11-10-9(25-13(22)26-11)1-2-23-12(10)27;1-6-4-2-3-5-6/h1-5H,(H,23,27)(H3,22,24,25,26);2-5H2,1H3. The first-order valence-corrected chi connectivity index (χ1v) is 9.74. The Morgan fingerprint density at radius 2 is 1.58 bits per heavy atom. The highest BCUT2D eigenvalue weighted by atomic mass is 19.4. The molecule has 178 valence electrons. The van der Waals surface area contributed by atoms with Gasteiger partial charge in [0.1, 0.15) is 11.2 Å². The van der Waals surface area contributed by atoms with Crippen LogP contribution >= 0.6 is 0 Å². The second-order valence-corrected chi connectivity index (χ2v) is 7.43. The fourth-order valence-electron chi connectivity index (χ4n) is 3.24. The number of hydrogen-bond donors (Lipinski definition) is 3. The number of rotatable bonds is 2. The minimum atomic E-state index is -5.01. The number of nitrogens with one attached hydrogen (secondary N) is 2. The van der Waals surface area contributed by atoms with Crippen molar-refractivity contribution in [1.29, 1.82) is 0 Å². The maximum absolute atomic E-state index is 13.0. The first-order valence-electron chi connectivity index (χ1n) is 9.74. The van der Waals surface area contributed by atoms with Gasteiger partial charge in [-0.25, -0.2) is 4.98 Å². The fraction of sp³-hybridized carbons (Fsp3) is 0.350. The highest BCUT2D eigenvalue weighted by Crippen LogP contribution is 2.38. The maximum Gasteiger partial charge on any atom is 0.416 e. The molecule has 3 aromatic rings. The number of nitrogens with zero attached hydrogens (tertiary/aromatic N) is 3. The zero-order valence-corrected chi connectivity index (χ0v) is 17.3. The zero-order chi connectivity index (χ0) is 24.4. The molecule has 13 heteroatoms. The van der Waals surface area contributed by atoms with Crippen molar-refractivity contribution < 1.29 is 26.3 Å². The molecule has 0 spiro atoms. The van der Waals surface area contributed by atoms with Gasteiger partial charge in [0.15, 0.2) is 0 Å². The Labute approximate surface area is 183 Å². The number of likely N-dealkylation sites (tertiary alicyclic amines) is 1. The van der Waals surface area contributed by atoms with Crippen molar-refractivity contribution in [2.75, 3.05) is 31.2 Å². The molecule has 4 rings (SSSR count). The molecule has 0 saturated carbocycles. The molecule has 1 aliphatic rings. The second kappa shape index (κ2) is 9.25. The quantitative estimate of drug-likeness (QED) is 0.477. The Kier molecular flexibility index (Phi) is 6.81. The summed E-state index contributed by atoms with van der Waals surface area (Å²) in [6.45, 7) is 2.64. The zero-order valence-electron chi connectivity index (χ0n) is 17.3. The minimum absolute atomic E-state index is 0.00949. The SMILES string of the molecule is CN1CCCC1.Nc1nc(Nc2cc(C(F)(F)F)cc(C(F)(F)F)c2)c2c(=O)[nH]ccc2n1. The van der Waals surface area contributed by atoms with Crippen molar-refractivity contribution in [3.05, 3.63) is 51.9 Å². The van der Waals surface area contributed by atoms with E-state index in [4.69, 9.17) is 5.73 Å². The summed E-state index contributed by atoms with van der Waals surface area (Å²) in [6.07, 6.45) is -5.94. The number of H-pyrrole nitrogens is 1. The van der Waals surface area contributed by atoms with Gasteiger partial charge in [0.05, 0.1) is 16.6 Å². The van der Waals surface area contributed by atoms with Crippen LogP contribution in [0.2, 0.25) is 0 Å². The van der Waals surface area contributed by atoms with Crippen LogP contribution in [0.3, 0.4) is 0 Å². The van der Waals surface area contributed by atoms with Gasteiger partial charge in [-0.05, 0) is 57.2 Å². The van der Waals surface area contributed by atoms with Gasteiger partial charge in [0.2, 0.25) is 5.95 Å². The topological polar surface area (TPSA) is 99.9 Å². The first-order chi connectivity index (χ1) is 15.3. The third kappa shape index (κ3) is 6.12. The van der Waals surface area contributed by atoms with Crippen LogP contribution < -0.4 is 16.6 Å². The molecule has 0 radical (unpaired) electrons. The second-order valence-electron chi connectivity index (χ2n) is 7.43. The van der Waals surface area contributed by atoms with Crippen LogP contribution in [0.1, 0.15) is 24.0 Å². The minimum Gasteiger partial charge on any atom is -0.368 e. The van der Waals surface area contributed by atoms with Crippen molar-refractivity contribution >= 4 is 28.4 Å². The average molecular weight is 474 g/mol. The van der Waals surface area contributed by atoms with Gasteiger partial charge in [0, 0.05) is 11.9 Å². The summed E-state index contributed by atoms with van der Waals surface area (Å²) < 4.78 is 77.8. The van der Waals surface area contributed by atoms with Gasteiger partial charge in [-0.3, -0.25) is 4.79 Å². The highest BCUT2D eigenvalue weighted by Gasteiger charge is 2.37. The molecule has 4 N–H and O–H groups in total. The van der Waals surface area contributed by atoms with E-state index < -0.39 is 34.7 Å². The van der Waals surface area contributed by atoms with E-state index in [-0.39, 0.29) is 28.7 Å². The molecule has 0 amide bonds. The van der Waals surface area contributed by atoms with Crippen LogP contribution in [0.25, 0.3) is 10.9 Å². The van der Waals surface area contributed by atoms with E-state index in [9.17, 15) is 31.1 Å². The smallest absolute Gasteiger partial charge is 0.368 e. The number of anilines is 3. The van der Waals surface area contributed by atoms with Crippen molar-refractivity contribution in [1.82, 2.24) is 19.9 Å². The van der Waals surface area contributed by atoms with Crippen LogP contribution in [0.5, 0.6) is 0 Å². The number of halogens is 6. The van der Waals surface area contributed by atoms with E-state index in [0.717, 1.165) is 0 Å². The fourth-order valence-corrected chi connectivity index (χ4v) is 3.24. The molecule has 1 aliphatic heterocycles. The van der Waals surface area contributed by atoms with Gasteiger partial charge in [-0.1, -0.05) is 0 Å². The lowest BCUT2D eigenvalue weighted by atomic mass is 10.1. The third-order valence-electron chi connectivity index (χ3n) is 4.82. The van der Waals surface area contributed by atoms with Gasteiger partial charge >= 0.3 is 12.4 Å². The molecule has 0 bridgehead atoms. The predicted molar refractivity (Wildman–Crippen MR) is 111 cm³/mol. The lowest BCUT2D eigenvalue weighted by molar-refractivity contribution is -0.143. The summed E-state index contributed by atoms with van der Waals surface area (Å²) in [5.41, 5.74) is 1.27. The summed E-state index contributed by atoms with van der Waals surface area (Å²) >= 11 is 0. The van der Waals surface area contributed by atoms with E-state index in [1.807, 2.05) is 0 Å². The number of aromatic nitrogens is 3. The van der Waals surface area contributed by atoms with Crippen molar-refractivity contribution in [2.45, 2.75) is 25.2 Å². The first kappa shape index (κ1) is 24.3. The maximum atomic E-state index is 13.0. The lowest BCUT2D eigenvalue weighted by Crippen LogP contribution is -2.13. The van der Waals surface area contributed by atoms with Gasteiger partial charge in [-0.15, -0.1) is 0 Å². The Morgan fingerprint density at radius 3 is 2.06 bits per heavy atom. The molecule has 3 heterocycles. The molecular formula is C20H20F6N6O. The number of nitrogen functional groups attached to an aromatic ring is 1. The number of aromatic amines is 1. The summed E-state index contributed by atoms with van der Waals surface area (Å²) in [7, 11) is 2.17. The Bertz CT molecular complexity index is 1150. The normalized spacial score (nSPS) is 14.8. The van der Waals surface area contributed by atoms with Crippen molar-refractivity contribution in [3.63, 3.8) is 0 Å². The van der Waals surface area contributed by atoms with Crippen LogP contribution in [0.15, 0.2) is 35.3 Å². The van der Waals surface area contributed by atoms with E-state index in [0.29, 0.717) is 12.1 Å². The summed E-state index contributed by atoms with van der Waals surface area (Å²) in [4.78, 5) is 24.2. The Balaban J connectivity index is 0.000000442. The van der Waals surface area contributed by atoms with E-state index in [1.54, 1.807) is 0 Å². The van der Waals surface area contributed by atoms with Crippen molar-refractivity contribution in [2.24, 2.45) is 0 Å². The highest BCUT2D eigenvalue weighted by molar-refractivity contribution is 5.90. The van der Waals surface area contributed by atoms with Gasteiger partial charge in [0.25, 0.3) is 5.56 Å². The number of fused-ring (bicyclic) bond motifs is 1. The predicted octanol–water partition coefficient (Wildman–Crippen LogP) is 4.39. The summed E-state index contributed by atoms with van der Waals surface area (Å²) in [6, 6.07) is 2.28. The molecule has 1 aromatic carbocycles. The monoisotopic (exact) mass is 474 g/mol. The molecule has 33 heavy (non-hydrogen) atoms. The average Bonchev–Trinajstić information content (AvgIpc) is 3.17. The van der Waals surface area contributed by atoms with E-state index in [2.05, 4.69) is 32.2 Å². The molecule has 0 atom stereocenters. The number of nitrogens with two attached hydrogens (primary N) is 1. The lowest BCUT2D eigenvalue weighted by Gasteiger charge is -2.15. The van der Waals surface area contributed by atoms with Crippen molar-refractivity contribution in [3.8, 4) is 0 Å². The number of pyridine rings is 1. The van der Waals surface area contributed by atoms with E-state index >= 15 is 0 Å². The molecule has 7 nitrogen and oxygen atoms in total. The number of benzene rings is 1. The summed E-state index contributed by atoms with van der Waals surface area (Å²) in [5.74, 6) is -0.648. The number of alkyl halides is 6. The van der Waals surface area contributed by atoms with Crippen LogP contribution in [-0.2, 0) is 12.4 Å². The van der Waals surface area contributed by atoms with E-state index in [1.165, 1.54) is 38.2 Å². The largest absolute Gasteiger partial charge is 0.416 e. The number of hydrogen-bond acceptors (Lipinski definition) is 6. The molecule has 2 aromatic heterocycles. The third-order valence-corrected chi connectivity index (χ3v) is 4.82. The molecule has 0 unspecified atom stereocenters. The van der Waals surface area contributed by atoms with Crippen LogP contribution in [0, 0.1) is 0 Å². The molecular weight excluding hydrogens is 454 g/mol. The Morgan fingerprint density at radius 1 is 1.00 bits per heavy atom.